The second-order valence-corrected chi connectivity index (χ2v) is 5.25. The Morgan fingerprint density at radius 2 is 2.57 bits per heavy atom. The van der Waals surface area contributed by atoms with Gasteiger partial charge in [0.2, 0.25) is 0 Å². The number of carbonyl (C=O) groups is 1. The van der Waals surface area contributed by atoms with Gasteiger partial charge in [0, 0.05) is 0 Å². The normalized spacial score (nSPS) is 26.6. The highest BCUT2D eigenvalue weighted by atomic mass is 32.2. The van der Waals surface area contributed by atoms with Crippen molar-refractivity contribution in [2.45, 2.75) is 24.5 Å². The van der Waals surface area contributed by atoms with Crippen LogP contribution in [0.4, 0.5) is 0 Å². The summed E-state index contributed by atoms with van der Waals surface area (Å²) in [5.41, 5.74) is 1.03. The number of rotatable bonds is 2. The Kier molecular flexibility index (Phi) is 2.26. The van der Waals surface area contributed by atoms with Gasteiger partial charge in [-0.3, -0.25) is 5.10 Å². The number of hydrogen-bond donors (Lipinski definition) is 2. The van der Waals surface area contributed by atoms with Gasteiger partial charge in [0.25, 0.3) is 0 Å². The van der Waals surface area contributed by atoms with Crippen molar-refractivity contribution < 1.29 is 9.90 Å². The monoisotopic (exact) mass is 212 g/mol. The molecule has 1 aromatic heterocycles. The molecule has 2 N–H and O–H groups in total. The molecule has 2 rings (SSSR count). The van der Waals surface area contributed by atoms with Crippen LogP contribution in [0.3, 0.4) is 0 Å². The van der Waals surface area contributed by atoms with E-state index in [1.54, 1.807) is 6.07 Å². The number of H-pyrrole nitrogens is 1. The van der Waals surface area contributed by atoms with Crippen LogP contribution in [0.5, 0.6) is 0 Å². The van der Waals surface area contributed by atoms with E-state index < -0.39 is 5.97 Å². The van der Waals surface area contributed by atoms with E-state index >= 15 is 0 Å². The number of aromatic carboxylic acids is 1. The summed E-state index contributed by atoms with van der Waals surface area (Å²) in [4.78, 5) is 10.6. The quantitative estimate of drug-likeness (QED) is 0.785. The molecule has 0 amide bonds. The molecule has 1 aliphatic rings. The van der Waals surface area contributed by atoms with E-state index in [0.717, 1.165) is 17.9 Å². The van der Waals surface area contributed by atoms with Crippen molar-refractivity contribution in [1.82, 2.24) is 10.2 Å². The maximum atomic E-state index is 10.6. The van der Waals surface area contributed by atoms with Crippen LogP contribution in [0.1, 0.15) is 35.9 Å². The Hall–Kier alpha value is -0.970. The predicted octanol–water partition coefficient (Wildman–Crippen LogP) is 1.85. The van der Waals surface area contributed by atoms with E-state index in [2.05, 4.69) is 17.1 Å². The number of hydrogen-bond acceptors (Lipinski definition) is 3. The lowest BCUT2D eigenvalue weighted by Crippen LogP contribution is -2.13. The van der Waals surface area contributed by atoms with E-state index in [9.17, 15) is 4.79 Å². The zero-order chi connectivity index (χ0) is 10.2. The molecule has 1 aliphatic heterocycles. The molecular weight excluding hydrogens is 200 g/mol. The molecule has 0 spiro atoms. The largest absolute Gasteiger partial charge is 0.476 e. The molecule has 0 aliphatic carbocycles. The highest BCUT2D eigenvalue weighted by Gasteiger charge is 2.33. The van der Waals surface area contributed by atoms with Gasteiger partial charge in [-0.1, -0.05) is 0 Å². The SMILES string of the molecule is CC1(c2cc(C(=O)O)n[nH]2)CCCS1. The highest BCUT2D eigenvalue weighted by Crippen LogP contribution is 2.45. The van der Waals surface area contributed by atoms with Crippen molar-refractivity contribution in [2.75, 3.05) is 5.75 Å². The minimum atomic E-state index is -0.973. The van der Waals surface area contributed by atoms with Crippen LogP contribution in [-0.4, -0.2) is 27.0 Å². The molecule has 2 heterocycles. The van der Waals surface area contributed by atoms with Gasteiger partial charge in [-0.05, 0) is 31.6 Å². The van der Waals surface area contributed by atoms with Gasteiger partial charge in [0.05, 0.1) is 10.4 Å². The zero-order valence-corrected chi connectivity index (χ0v) is 8.73. The number of aromatic amines is 1. The van der Waals surface area contributed by atoms with Crippen molar-refractivity contribution in [1.29, 1.82) is 0 Å². The van der Waals surface area contributed by atoms with Crippen molar-refractivity contribution >= 4 is 17.7 Å². The van der Waals surface area contributed by atoms with Crippen LogP contribution in [0.2, 0.25) is 0 Å². The molecule has 1 fully saturated rings. The summed E-state index contributed by atoms with van der Waals surface area (Å²) in [7, 11) is 0. The van der Waals surface area contributed by atoms with Crippen LogP contribution in [-0.2, 0) is 4.75 Å². The van der Waals surface area contributed by atoms with Gasteiger partial charge in [0.15, 0.2) is 5.69 Å². The maximum absolute atomic E-state index is 10.6. The number of carboxylic acid groups (broad SMARTS) is 1. The molecule has 0 saturated carbocycles. The molecule has 1 saturated heterocycles. The Bertz CT molecular complexity index is 355. The fourth-order valence-corrected chi connectivity index (χ4v) is 2.98. The number of nitrogens with zero attached hydrogens (tertiary/aromatic N) is 1. The Morgan fingerprint density at radius 3 is 3.07 bits per heavy atom. The first-order valence-electron chi connectivity index (χ1n) is 4.55. The number of aromatic nitrogens is 2. The van der Waals surface area contributed by atoms with E-state index in [1.165, 1.54) is 6.42 Å². The average molecular weight is 212 g/mol. The Morgan fingerprint density at radius 1 is 1.79 bits per heavy atom. The highest BCUT2D eigenvalue weighted by molar-refractivity contribution is 8.00. The van der Waals surface area contributed by atoms with Crippen LogP contribution >= 0.6 is 11.8 Å². The van der Waals surface area contributed by atoms with E-state index in [-0.39, 0.29) is 10.4 Å². The predicted molar refractivity (Wildman–Crippen MR) is 54.6 cm³/mol. The van der Waals surface area contributed by atoms with Crippen LogP contribution < -0.4 is 0 Å². The molecule has 5 heteroatoms. The second kappa shape index (κ2) is 3.31. The third-order valence-corrected chi connectivity index (χ3v) is 4.14. The van der Waals surface area contributed by atoms with Crippen molar-refractivity contribution in [3.8, 4) is 0 Å². The summed E-state index contributed by atoms with van der Waals surface area (Å²) in [6.45, 7) is 2.13. The summed E-state index contributed by atoms with van der Waals surface area (Å²) in [5, 5.41) is 15.3. The van der Waals surface area contributed by atoms with Gasteiger partial charge >= 0.3 is 5.97 Å². The fourth-order valence-electron chi connectivity index (χ4n) is 1.69. The van der Waals surface area contributed by atoms with Gasteiger partial charge in [0.1, 0.15) is 0 Å². The van der Waals surface area contributed by atoms with Gasteiger partial charge in [-0.15, -0.1) is 11.8 Å². The van der Waals surface area contributed by atoms with Crippen molar-refractivity contribution in [3.05, 3.63) is 17.5 Å². The summed E-state index contributed by atoms with van der Waals surface area (Å²) in [5.74, 6) is 0.164. The molecule has 1 unspecified atom stereocenters. The molecule has 1 atom stereocenters. The summed E-state index contributed by atoms with van der Waals surface area (Å²) >= 11 is 1.86. The van der Waals surface area contributed by atoms with Crippen LogP contribution in [0, 0.1) is 0 Å². The summed E-state index contributed by atoms with van der Waals surface area (Å²) in [6, 6.07) is 1.64. The second-order valence-electron chi connectivity index (χ2n) is 3.65. The first-order chi connectivity index (χ1) is 6.62. The number of carboxylic acids is 1. The van der Waals surface area contributed by atoms with Gasteiger partial charge in [-0.2, -0.15) is 5.10 Å². The minimum Gasteiger partial charge on any atom is -0.476 e. The van der Waals surface area contributed by atoms with Crippen molar-refractivity contribution in [2.24, 2.45) is 0 Å². The minimum absolute atomic E-state index is 0.0285. The lowest BCUT2D eigenvalue weighted by atomic mass is 10.0. The Balaban J connectivity index is 2.28. The molecule has 0 aromatic carbocycles. The lowest BCUT2D eigenvalue weighted by Gasteiger charge is -2.19. The van der Waals surface area contributed by atoms with E-state index in [4.69, 9.17) is 5.11 Å². The molecule has 76 valence electrons. The average Bonchev–Trinajstić information content (AvgIpc) is 2.71. The maximum Gasteiger partial charge on any atom is 0.356 e. The fraction of sp³-hybridized carbons (Fsp3) is 0.556. The summed E-state index contributed by atoms with van der Waals surface area (Å²) < 4.78 is 0.0285. The molecule has 0 radical (unpaired) electrons. The number of thioether (sulfide) groups is 1. The van der Waals surface area contributed by atoms with E-state index in [1.807, 2.05) is 11.8 Å². The smallest absolute Gasteiger partial charge is 0.356 e. The third kappa shape index (κ3) is 1.52. The molecule has 4 nitrogen and oxygen atoms in total. The van der Waals surface area contributed by atoms with Crippen LogP contribution in [0.25, 0.3) is 0 Å². The zero-order valence-electron chi connectivity index (χ0n) is 7.91. The van der Waals surface area contributed by atoms with Crippen LogP contribution in [0.15, 0.2) is 6.07 Å². The standard InChI is InChI=1S/C9H12N2O2S/c1-9(3-2-4-14-9)7-5-6(8(12)13)10-11-7/h5H,2-4H2,1H3,(H,10,11)(H,12,13). The van der Waals surface area contributed by atoms with Gasteiger partial charge in [-0.25, -0.2) is 4.79 Å². The van der Waals surface area contributed by atoms with Crippen molar-refractivity contribution in [3.63, 3.8) is 0 Å². The molecular formula is C9H12N2O2S. The van der Waals surface area contributed by atoms with Gasteiger partial charge < -0.3 is 5.11 Å². The first-order valence-corrected chi connectivity index (χ1v) is 5.53. The number of nitrogens with one attached hydrogen (secondary N) is 1. The Labute approximate surface area is 86.1 Å². The summed E-state index contributed by atoms with van der Waals surface area (Å²) in [6.07, 6.45) is 2.27. The molecule has 0 bridgehead atoms. The lowest BCUT2D eigenvalue weighted by molar-refractivity contribution is 0.0690. The third-order valence-electron chi connectivity index (χ3n) is 2.59. The topological polar surface area (TPSA) is 66.0 Å². The molecule has 14 heavy (non-hydrogen) atoms. The first kappa shape index (κ1) is 9.58. The van der Waals surface area contributed by atoms with E-state index in [0.29, 0.717) is 0 Å². The molecule has 1 aromatic rings.